The molecule has 1 aromatic heterocycles. The maximum atomic E-state index is 4.07. The van der Waals surface area contributed by atoms with Crippen LogP contribution in [0.2, 0.25) is 0 Å². The molecule has 11 heavy (non-hydrogen) atoms. The van der Waals surface area contributed by atoms with Crippen molar-refractivity contribution in [2.75, 3.05) is 13.1 Å². The van der Waals surface area contributed by atoms with Crippen LogP contribution < -0.4 is 5.32 Å². The highest BCUT2D eigenvalue weighted by molar-refractivity contribution is 5.85. The van der Waals surface area contributed by atoms with Crippen molar-refractivity contribution in [1.82, 2.24) is 15.5 Å². The van der Waals surface area contributed by atoms with Gasteiger partial charge in [-0.2, -0.15) is 5.10 Å². The third-order valence-corrected chi connectivity index (χ3v) is 1.72. The van der Waals surface area contributed by atoms with E-state index < -0.39 is 0 Å². The number of aromatic nitrogens is 2. The van der Waals surface area contributed by atoms with Gasteiger partial charge in [0.15, 0.2) is 0 Å². The zero-order valence-electron chi connectivity index (χ0n) is 5.91. The lowest BCUT2D eigenvalue weighted by atomic mass is 10.0. The summed E-state index contributed by atoms with van der Waals surface area (Å²) in [5, 5.41) is 10.1. The van der Waals surface area contributed by atoms with Crippen molar-refractivity contribution in [3.63, 3.8) is 0 Å². The van der Waals surface area contributed by atoms with E-state index in [1.165, 1.54) is 5.69 Å². The minimum Gasteiger partial charge on any atom is -0.315 e. The first-order valence-electron chi connectivity index (χ1n) is 3.17. The van der Waals surface area contributed by atoms with Crippen LogP contribution in [0, 0.1) is 0 Å². The maximum Gasteiger partial charge on any atom is 0.0678 e. The average Bonchev–Trinajstić information content (AvgIpc) is 2.11. The second kappa shape index (κ2) is 4.59. The van der Waals surface area contributed by atoms with Crippen molar-refractivity contribution < 1.29 is 0 Å². The summed E-state index contributed by atoms with van der Waals surface area (Å²) in [7, 11) is 0. The number of rotatable bonds is 1. The van der Waals surface area contributed by atoms with Gasteiger partial charge in [0.1, 0.15) is 0 Å². The minimum atomic E-state index is 0. The van der Waals surface area contributed by atoms with Crippen LogP contribution in [-0.2, 0) is 0 Å². The predicted octanol–water partition coefficient (Wildman–Crippen LogP) is 0.940. The number of hydrogen-bond donors (Lipinski definition) is 2. The standard InChI is InChI=1S/C6H9N3.2ClH/c1-2-8-9-6(1)5-3-7-4-5;;/h1-2,5,7H,3-4H2,(H,8,9);2*1H. The molecule has 1 fully saturated rings. The molecule has 0 saturated carbocycles. The summed E-state index contributed by atoms with van der Waals surface area (Å²) in [5.74, 6) is 0.663. The highest BCUT2D eigenvalue weighted by Crippen LogP contribution is 2.15. The molecule has 3 nitrogen and oxygen atoms in total. The third kappa shape index (κ3) is 2.09. The van der Waals surface area contributed by atoms with Crippen molar-refractivity contribution in [3.05, 3.63) is 18.0 Å². The van der Waals surface area contributed by atoms with E-state index in [2.05, 4.69) is 15.5 Å². The molecule has 1 saturated heterocycles. The summed E-state index contributed by atoms with van der Waals surface area (Å²) < 4.78 is 0. The zero-order valence-corrected chi connectivity index (χ0v) is 7.54. The number of hydrogen-bond acceptors (Lipinski definition) is 2. The largest absolute Gasteiger partial charge is 0.315 e. The molecule has 0 unspecified atom stereocenters. The van der Waals surface area contributed by atoms with Gasteiger partial charge >= 0.3 is 0 Å². The predicted molar refractivity (Wildman–Crippen MR) is 48.7 cm³/mol. The molecule has 2 rings (SSSR count). The van der Waals surface area contributed by atoms with Gasteiger partial charge in [-0.25, -0.2) is 0 Å². The van der Waals surface area contributed by atoms with E-state index in [0.717, 1.165) is 13.1 Å². The van der Waals surface area contributed by atoms with Crippen LogP contribution in [0.4, 0.5) is 0 Å². The van der Waals surface area contributed by atoms with Crippen LogP contribution >= 0.6 is 24.8 Å². The van der Waals surface area contributed by atoms with Crippen molar-refractivity contribution in [2.45, 2.75) is 5.92 Å². The van der Waals surface area contributed by atoms with Crippen LogP contribution in [0.1, 0.15) is 11.6 Å². The van der Waals surface area contributed by atoms with Crippen LogP contribution in [-0.4, -0.2) is 23.3 Å². The molecule has 2 N–H and O–H groups in total. The lowest BCUT2D eigenvalue weighted by Crippen LogP contribution is -2.40. The minimum absolute atomic E-state index is 0. The highest BCUT2D eigenvalue weighted by atomic mass is 35.5. The molecule has 0 aliphatic carbocycles. The normalized spacial score (nSPS) is 16.0. The van der Waals surface area contributed by atoms with Gasteiger partial charge in [-0.3, -0.25) is 5.10 Å². The van der Waals surface area contributed by atoms with Crippen LogP contribution in [0.15, 0.2) is 12.3 Å². The molecule has 64 valence electrons. The molecule has 2 heterocycles. The molecule has 5 heteroatoms. The van der Waals surface area contributed by atoms with E-state index in [0.29, 0.717) is 5.92 Å². The number of halogens is 2. The average molecular weight is 196 g/mol. The number of aromatic amines is 1. The molecule has 1 aliphatic heterocycles. The van der Waals surface area contributed by atoms with E-state index >= 15 is 0 Å². The summed E-state index contributed by atoms with van der Waals surface area (Å²) in [5.41, 5.74) is 1.19. The highest BCUT2D eigenvalue weighted by Gasteiger charge is 2.19. The lowest BCUT2D eigenvalue weighted by Gasteiger charge is -2.24. The van der Waals surface area contributed by atoms with E-state index in [1.54, 1.807) is 0 Å². The van der Waals surface area contributed by atoms with Gasteiger partial charge in [-0.15, -0.1) is 24.8 Å². The Kier molecular flexibility index (Phi) is 4.49. The molecule has 1 aromatic rings. The molecular formula is C6H11Cl2N3. The van der Waals surface area contributed by atoms with Crippen molar-refractivity contribution in [1.29, 1.82) is 0 Å². The number of H-pyrrole nitrogens is 1. The first-order valence-corrected chi connectivity index (χ1v) is 3.17. The zero-order chi connectivity index (χ0) is 6.10. The fourth-order valence-electron chi connectivity index (χ4n) is 0.997. The van der Waals surface area contributed by atoms with E-state index in [4.69, 9.17) is 0 Å². The molecule has 0 spiro atoms. The molecule has 0 radical (unpaired) electrons. The molecule has 0 aromatic carbocycles. The molecule has 0 bridgehead atoms. The summed E-state index contributed by atoms with van der Waals surface area (Å²) >= 11 is 0. The van der Waals surface area contributed by atoms with Crippen molar-refractivity contribution >= 4 is 24.8 Å². The number of nitrogens with one attached hydrogen (secondary N) is 2. The van der Waals surface area contributed by atoms with Crippen LogP contribution in [0.5, 0.6) is 0 Å². The Labute approximate surface area is 77.8 Å². The SMILES string of the molecule is Cl.Cl.c1cc(C2CNC2)n[nH]1. The van der Waals surface area contributed by atoms with E-state index in [9.17, 15) is 0 Å². The van der Waals surface area contributed by atoms with E-state index in [1.807, 2.05) is 12.3 Å². The lowest BCUT2D eigenvalue weighted by molar-refractivity contribution is 0.439. The Hall–Kier alpha value is -0.250. The molecule has 0 atom stereocenters. The Bertz CT molecular complexity index is 184. The first-order chi connectivity index (χ1) is 4.47. The topological polar surface area (TPSA) is 40.7 Å². The smallest absolute Gasteiger partial charge is 0.0678 e. The Morgan fingerprint density at radius 2 is 2.09 bits per heavy atom. The fraction of sp³-hybridized carbons (Fsp3) is 0.500. The first kappa shape index (κ1) is 10.8. The van der Waals surface area contributed by atoms with Crippen molar-refractivity contribution in [3.8, 4) is 0 Å². The Balaban J connectivity index is 0.000000500. The Morgan fingerprint density at radius 1 is 1.36 bits per heavy atom. The number of nitrogens with zero attached hydrogens (tertiary/aromatic N) is 1. The second-order valence-corrected chi connectivity index (χ2v) is 2.35. The van der Waals surface area contributed by atoms with Gasteiger partial charge in [0.2, 0.25) is 0 Å². The van der Waals surface area contributed by atoms with E-state index in [-0.39, 0.29) is 24.8 Å². The maximum absolute atomic E-state index is 4.07. The van der Waals surface area contributed by atoms with Crippen LogP contribution in [0.3, 0.4) is 0 Å². The van der Waals surface area contributed by atoms with Gasteiger partial charge < -0.3 is 5.32 Å². The molecule has 0 amide bonds. The fourth-order valence-corrected chi connectivity index (χ4v) is 0.997. The second-order valence-electron chi connectivity index (χ2n) is 2.35. The quantitative estimate of drug-likeness (QED) is 0.701. The third-order valence-electron chi connectivity index (χ3n) is 1.72. The van der Waals surface area contributed by atoms with Gasteiger partial charge in [0.25, 0.3) is 0 Å². The van der Waals surface area contributed by atoms with Gasteiger partial charge in [0.05, 0.1) is 5.69 Å². The summed E-state index contributed by atoms with van der Waals surface area (Å²) in [6.45, 7) is 2.18. The summed E-state index contributed by atoms with van der Waals surface area (Å²) in [6, 6.07) is 2.03. The van der Waals surface area contributed by atoms with Gasteiger partial charge in [0, 0.05) is 25.2 Å². The Morgan fingerprint density at radius 3 is 2.45 bits per heavy atom. The van der Waals surface area contributed by atoms with Gasteiger partial charge in [-0.1, -0.05) is 0 Å². The monoisotopic (exact) mass is 195 g/mol. The van der Waals surface area contributed by atoms with Crippen LogP contribution in [0.25, 0.3) is 0 Å². The summed E-state index contributed by atoms with van der Waals surface area (Å²) in [6.07, 6.45) is 1.87. The molecular weight excluding hydrogens is 185 g/mol. The summed E-state index contributed by atoms with van der Waals surface area (Å²) in [4.78, 5) is 0. The van der Waals surface area contributed by atoms with Gasteiger partial charge in [-0.05, 0) is 6.07 Å². The molecule has 1 aliphatic rings. The van der Waals surface area contributed by atoms with Crippen molar-refractivity contribution in [2.24, 2.45) is 0 Å².